The van der Waals surface area contributed by atoms with Crippen LogP contribution in [0.25, 0.3) is 6.08 Å². The smallest absolute Gasteiger partial charge is 0.344 e. The number of halogens is 1. The summed E-state index contributed by atoms with van der Waals surface area (Å²) in [4.78, 5) is 26.2. The van der Waals surface area contributed by atoms with E-state index in [4.69, 9.17) is 17.0 Å². The van der Waals surface area contributed by atoms with Gasteiger partial charge >= 0.3 is 5.97 Å². The van der Waals surface area contributed by atoms with Crippen LogP contribution in [0.3, 0.4) is 0 Å². The van der Waals surface area contributed by atoms with E-state index in [2.05, 4.69) is 22.6 Å². The van der Waals surface area contributed by atoms with Gasteiger partial charge in [0.05, 0.1) is 10.5 Å². The number of benzene rings is 2. The molecule has 2 aromatic rings. The largest absolute Gasteiger partial charge is 0.423 e. The molecule has 25 heavy (non-hydrogen) atoms. The average molecular weight is 481 g/mol. The minimum atomic E-state index is -0.399. The molecular formula is C18H12INO3S2. The molecule has 0 unspecified atom stereocenters. The maximum Gasteiger partial charge on any atom is 0.344 e. The van der Waals surface area contributed by atoms with E-state index in [1.165, 1.54) is 16.7 Å². The molecule has 1 saturated heterocycles. The van der Waals surface area contributed by atoms with Gasteiger partial charge in [0.15, 0.2) is 0 Å². The van der Waals surface area contributed by atoms with Crippen LogP contribution in [0.4, 0.5) is 0 Å². The van der Waals surface area contributed by atoms with Crippen LogP contribution in [0.2, 0.25) is 0 Å². The second-order valence-corrected chi connectivity index (χ2v) is 8.02. The molecule has 4 nitrogen and oxygen atoms in total. The Morgan fingerprint density at radius 1 is 1.20 bits per heavy atom. The van der Waals surface area contributed by atoms with Gasteiger partial charge in [-0.2, -0.15) is 0 Å². The lowest BCUT2D eigenvalue weighted by Gasteiger charge is -2.06. The zero-order valence-electron chi connectivity index (χ0n) is 13.1. The molecule has 1 aliphatic rings. The van der Waals surface area contributed by atoms with Gasteiger partial charge in [0.2, 0.25) is 0 Å². The van der Waals surface area contributed by atoms with Crippen molar-refractivity contribution >= 4 is 68.8 Å². The molecular weight excluding hydrogens is 469 g/mol. The maximum absolute atomic E-state index is 12.2. The highest BCUT2D eigenvalue weighted by Crippen LogP contribution is 2.31. The molecule has 0 aliphatic carbocycles. The van der Waals surface area contributed by atoms with Crippen molar-refractivity contribution in [1.29, 1.82) is 0 Å². The summed E-state index contributed by atoms with van der Waals surface area (Å²) in [5, 5.41) is 0. The van der Waals surface area contributed by atoms with E-state index in [1.54, 1.807) is 49.5 Å². The van der Waals surface area contributed by atoms with Gasteiger partial charge < -0.3 is 4.74 Å². The van der Waals surface area contributed by atoms with Crippen molar-refractivity contribution in [2.45, 2.75) is 0 Å². The molecule has 0 saturated carbocycles. The molecule has 0 radical (unpaired) electrons. The van der Waals surface area contributed by atoms with Gasteiger partial charge in [-0.1, -0.05) is 48.2 Å². The van der Waals surface area contributed by atoms with Gasteiger partial charge in [-0.25, -0.2) is 4.79 Å². The highest BCUT2D eigenvalue weighted by Gasteiger charge is 2.28. The number of thiocarbonyl (C=S) groups is 1. The first kappa shape index (κ1) is 18.1. The molecule has 1 heterocycles. The monoisotopic (exact) mass is 481 g/mol. The molecule has 1 fully saturated rings. The summed E-state index contributed by atoms with van der Waals surface area (Å²) < 4.78 is 6.77. The van der Waals surface area contributed by atoms with Crippen LogP contribution in [0.15, 0.2) is 53.4 Å². The predicted octanol–water partition coefficient (Wildman–Crippen LogP) is 4.34. The van der Waals surface area contributed by atoms with Crippen LogP contribution in [0.1, 0.15) is 15.9 Å². The Morgan fingerprint density at radius 2 is 1.88 bits per heavy atom. The van der Waals surface area contributed by atoms with Gasteiger partial charge in [0.25, 0.3) is 5.91 Å². The second-order valence-electron chi connectivity index (χ2n) is 5.18. The zero-order chi connectivity index (χ0) is 18.0. The molecule has 3 rings (SSSR count). The van der Waals surface area contributed by atoms with Gasteiger partial charge in [0, 0.05) is 10.6 Å². The standard InChI is InChI=1S/C18H12INO3S2/c1-20-16(21)15(25-18(20)24)10-11-6-8-12(9-7-11)23-17(22)13-4-2-3-5-14(13)19/h2-10H,1H3/b15-10-. The number of carbonyl (C=O) groups is 2. The van der Waals surface area contributed by atoms with Crippen LogP contribution < -0.4 is 4.74 Å². The fourth-order valence-electron chi connectivity index (χ4n) is 2.12. The number of rotatable bonds is 3. The van der Waals surface area contributed by atoms with Crippen molar-refractivity contribution < 1.29 is 14.3 Å². The van der Waals surface area contributed by atoms with Gasteiger partial charge in [-0.05, 0) is 58.5 Å². The lowest BCUT2D eigenvalue weighted by molar-refractivity contribution is -0.121. The third kappa shape index (κ3) is 4.10. The Balaban J connectivity index is 1.73. The summed E-state index contributed by atoms with van der Waals surface area (Å²) in [5.74, 6) is -0.0568. The first-order valence-electron chi connectivity index (χ1n) is 7.24. The van der Waals surface area contributed by atoms with Crippen molar-refractivity contribution in [1.82, 2.24) is 4.90 Å². The number of carbonyl (C=O) groups excluding carboxylic acids is 2. The first-order chi connectivity index (χ1) is 12.0. The summed E-state index contributed by atoms with van der Waals surface area (Å²) in [6.45, 7) is 0. The van der Waals surface area contributed by atoms with Crippen LogP contribution in [0, 0.1) is 3.57 Å². The van der Waals surface area contributed by atoms with Crippen molar-refractivity contribution in [2.24, 2.45) is 0 Å². The van der Waals surface area contributed by atoms with E-state index in [-0.39, 0.29) is 5.91 Å². The molecule has 0 spiro atoms. The number of hydrogen-bond donors (Lipinski definition) is 0. The topological polar surface area (TPSA) is 46.6 Å². The summed E-state index contributed by atoms with van der Waals surface area (Å²) in [6, 6.07) is 14.2. The summed E-state index contributed by atoms with van der Waals surface area (Å²) in [7, 11) is 1.66. The van der Waals surface area contributed by atoms with Crippen LogP contribution in [-0.2, 0) is 4.79 Å². The molecule has 0 bridgehead atoms. The third-order valence-electron chi connectivity index (χ3n) is 3.47. The van der Waals surface area contributed by atoms with Gasteiger partial charge in [0.1, 0.15) is 10.1 Å². The minimum Gasteiger partial charge on any atom is -0.423 e. The summed E-state index contributed by atoms with van der Waals surface area (Å²) in [6.07, 6.45) is 1.77. The van der Waals surface area contributed by atoms with E-state index < -0.39 is 5.97 Å². The molecule has 0 aromatic heterocycles. The second kappa shape index (κ2) is 7.67. The zero-order valence-corrected chi connectivity index (χ0v) is 16.9. The summed E-state index contributed by atoms with van der Waals surface area (Å²) in [5.41, 5.74) is 1.36. The van der Waals surface area contributed by atoms with Crippen LogP contribution in [-0.4, -0.2) is 28.1 Å². The molecule has 1 aliphatic heterocycles. The Hall–Kier alpha value is -1.71. The fourth-order valence-corrected chi connectivity index (χ4v) is 3.90. The number of likely N-dealkylation sites (N-methyl/N-ethyl adjacent to an activating group) is 1. The highest BCUT2D eigenvalue weighted by atomic mass is 127. The van der Waals surface area contributed by atoms with E-state index in [1.807, 2.05) is 12.1 Å². The number of ether oxygens (including phenoxy) is 1. The number of esters is 1. The van der Waals surface area contributed by atoms with E-state index >= 15 is 0 Å². The van der Waals surface area contributed by atoms with Gasteiger partial charge in [-0.15, -0.1) is 0 Å². The van der Waals surface area contributed by atoms with Gasteiger partial charge in [-0.3, -0.25) is 9.69 Å². The molecule has 0 N–H and O–H groups in total. The van der Waals surface area contributed by atoms with Crippen LogP contribution in [0.5, 0.6) is 5.75 Å². The van der Waals surface area contributed by atoms with Crippen LogP contribution >= 0.6 is 46.6 Å². The minimum absolute atomic E-state index is 0.107. The summed E-state index contributed by atoms with van der Waals surface area (Å²) >= 11 is 8.48. The highest BCUT2D eigenvalue weighted by molar-refractivity contribution is 14.1. The number of thioether (sulfide) groups is 1. The Kier molecular flexibility index (Phi) is 5.55. The quantitative estimate of drug-likeness (QED) is 0.215. The SMILES string of the molecule is CN1C(=O)/C(=C/c2ccc(OC(=O)c3ccccc3I)cc2)SC1=S. The third-order valence-corrected chi connectivity index (χ3v) is 5.89. The molecule has 2 aromatic carbocycles. The van der Waals surface area contributed by atoms with Crippen molar-refractivity contribution in [2.75, 3.05) is 7.05 Å². The van der Waals surface area contributed by atoms with E-state index in [0.717, 1.165) is 9.13 Å². The van der Waals surface area contributed by atoms with E-state index in [0.29, 0.717) is 20.5 Å². The number of amides is 1. The van der Waals surface area contributed by atoms with E-state index in [9.17, 15) is 9.59 Å². The molecule has 7 heteroatoms. The molecule has 1 amide bonds. The lowest BCUT2D eigenvalue weighted by atomic mass is 10.2. The average Bonchev–Trinajstić information content (AvgIpc) is 2.84. The first-order valence-corrected chi connectivity index (χ1v) is 9.54. The lowest BCUT2D eigenvalue weighted by Crippen LogP contribution is -2.22. The number of nitrogens with zero attached hydrogens (tertiary/aromatic N) is 1. The number of hydrogen-bond acceptors (Lipinski definition) is 5. The maximum atomic E-state index is 12.2. The fraction of sp³-hybridized carbons (Fsp3) is 0.0556. The van der Waals surface area contributed by atoms with Crippen molar-refractivity contribution in [3.05, 3.63) is 68.1 Å². The Morgan fingerprint density at radius 3 is 2.48 bits per heavy atom. The Labute approximate surface area is 168 Å². The molecule has 0 atom stereocenters. The van der Waals surface area contributed by atoms with Crippen molar-refractivity contribution in [3.8, 4) is 5.75 Å². The molecule has 126 valence electrons. The van der Waals surface area contributed by atoms with Crippen molar-refractivity contribution in [3.63, 3.8) is 0 Å². The normalized spacial score (nSPS) is 15.8. The Bertz CT molecular complexity index is 893. The predicted molar refractivity (Wildman–Crippen MR) is 111 cm³/mol.